The monoisotopic (exact) mass is 434 g/mol. The summed E-state index contributed by atoms with van der Waals surface area (Å²) in [7, 11) is 6.66. The molecule has 0 aliphatic heterocycles. The minimum Gasteiger partial charge on any atom is -0.451 e. The molecule has 3 unspecified atom stereocenters. The summed E-state index contributed by atoms with van der Waals surface area (Å²) >= 11 is 1.45. The molecule has 0 rings (SSSR count). The summed E-state index contributed by atoms with van der Waals surface area (Å²) < 4.78 is 23.4. The lowest BCUT2D eigenvalue weighted by atomic mass is 9.95. The van der Waals surface area contributed by atoms with Gasteiger partial charge in [0.15, 0.2) is 0 Å². The Morgan fingerprint density at radius 2 is 1.44 bits per heavy atom. The van der Waals surface area contributed by atoms with Crippen LogP contribution in [0.15, 0.2) is 0 Å². The molecule has 0 aromatic rings. The molecule has 0 fully saturated rings. The van der Waals surface area contributed by atoms with Gasteiger partial charge in [0.2, 0.25) is 5.60 Å². The molecule has 0 aliphatic rings. The Labute approximate surface area is 156 Å². The van der Waals surface area contributed by atoms with Crippen molar-refractivity contribution in [2.45, 2.75) is 24.9 Å². The molecule has 0 N–H and O–H groups in total. The smallest absolute Gasteiger partial charge is 0.354 e. The van der Waals surface area contributed by atoms with E-state index >= 15 is 0 Å². The van der Waals surface area contributed by atoms with Gasteiger partial charge in [0.25, 0.3) is 0 Å². The average molecular weight is 434 g/mol. The molecule has 3 atom stereocenters. The zero-order chi connectivity index (χ0) is 19.3. The van der Waals surface area contributed by atoms with Gasteiger partial charge in [-0.25, -0.2) is 4.79 Å². The number of esters is 1. The summed E-state index contributed by atoms with van der Waals surface area (Å²) in [6, 6.07) is 0. The number of hydrogen-bond donors (Lipinski definition) is 0. The molecular weight excluding hydrogens is 413 g/mol. The van der Waals surface area contributed by atoms with Crippen molar-refractivity contribution in [2.24, 2.45) is 0 Å². The van der Waals surface area contributed by atoms with Crippen molar-refractivity contribution in [2.75, 3.05) is 25.2 Å². The molecule has 144 valence electrons. The van der Waals surface area contributed by atoms with Crippen molar-refractivity contribution in [3.8, 4) is 0 Å². The van der Waals surface area contributed by atoms with Gasteiger partial charge in [-0.15, -0.1) is 0 Å². The second-order valence-electron chi connectivity index (χ2n) is 4.56. The summed E-state index contributed by atoms with van der Waals surface area (Å²) in [5.41, 5.74) is -2.17. The Bertz CT molecular complexity index is 457. The van der Waals surface area contributed by atoms with Crippen LogP contribution in [0.1, 0.15) is 19.3 Å². The van der Waals surface area contributed by atoms with Crippen LogP contribution in [-0.4, -0.2) is 54.7 Å². The molecule has 0 aromatic carbocycles. The number of rotatable bonds is 12. The Kier molecular flexibility index (Phi) is 13.4. The second kappa shape index (κ2) is 13.7. The van der Waals surface area contributed by atoms with E-state index in [1.54, 1.807) is 35.5 Å². The van der Waals surface area contributed by atoms with E-state index in [9.17, 15) is 19.2 Å². The lowest BCUT2D eigenvalue weighted by Crippen LogP contribution is -2.47. The van der Waals surface area contributed by atoms with E-state index in [4.69, 9.17) is 9.47 Å². The predicted molar refractivity (Wildman–Crippen MR) is 99.3 cm³/mol. The highest BCUT2D eigenvalue weighted by Crippen LogP contribution is 2.27. The van der Waals surface area contributed by atoms with Crippen LogP contribution < -0.4 is 0 Å². The fourth-order valence-corrected chi connectivity index (χ4v) is 2.83. The molecule has 25 heavy (non-hydrogen) atoms. The van der Waals surface area contributed by atoms with E-state index in [2.05, 4.69) is 13.6 Å². The highest BCUT2D eigenvalue weighted by molar-refractivity contribution is 7.99. The van der Waals surface area contributed by atoms with Crippen LogP contribution in [0.25, 0.3) is 0 Å². The summed E-state index contributed by atoms with van der Waals surface area (Å²) in [4.78, 5) is 47.4. The zero-order valence-electron chi connectivity index (χ0n) is 13.6. The quantitative estimate of drug-likeness (QED) is 0.248. The number of carbonyl (C=O) groups is 4. The molecule has 0 aliphatic carbocycles. The molecule has 0 amide bonds. The third-order valence-electron chi connectivity index (χ3n) is 2.79. The summed E-state index contributed by atoms with van der Waals surface area (Å²) in [6.07, 6.45) is -1.44. The molecular formula is C12H21O9P3S. The van der Waals surface area contributed by atoms with E-state index in [1.165, 1.54) is 11.8 Å². The maximum absolute atomic E-state index is 12.1. The average Bonchev–Trinajstić information content (AvgIpc) is 2.60. The van der Waals surface area contributed by atoms with E-state index < -0.39 is 42.3 Å². The molecule has 0 heterocycles. The van der Waals surface area contributed by atoms with E-state index in [-0.39, 0.29) is 6.42 Å². The number of thioether (sulfide) groups is 1. The van der Waals surface area contributed by atoms with Crippen molar-refractivity contribution >= 4 is 64.0 Å². The SMILES string of the molecule is COCCSCCC(=O)OC(CC(=O)OP)(CC(=O)OP)C(=O)OP. The summed E-state index contributed by atoms with van der Waals surface area (Å²) in [5, 5.41) is 0. The number of hydrogen-bond acceptors (Lipinski definition) is 10. The van der Waals surface area contributed by atoms with Gasteiger partial charge in [0.05, 0.1) is 54.3 Å². The molecule has 0 saturated carbocycles. The van der Waals surface area contributed by atoms with Gasteiger partial charge >= 0.3 is 23.9 Å². The van der Waals surface area contributed by atoms with Crippen molar-refractivity contribution in [3.05, 3.63) is 0 Å². The van der Waals surface area contributed by atoms with Crippen LogP contribution in [0.3, 0.4) is 0 Å². The minimum absolute atomic E-state index is 0.0356. The van der Waals surface area contributed by atoms with Gasteiger partial charge in [0.1, 0.15) is 0 Å². The van der Waals surface area contributed by atoms with E-state index in [0.29, 0.717) is 18.1 Å². The van der Waals surface area contributed by atoms with Crippen molar-refractivity contribution in [1.82, 2.24) is 0 Å². The molecule has 13 heteroatoms. The first kappa shape index (κ1) is 24.5. The first-order valence-electron chi connectivity index (χ1n) is 6.84. The molecule has 0 aromatic heterocycles. The van der Waals surface area contributed by atoms with Gasteiger partial charge < -0.3 is 23.0 Å². The highest BCUT2D eigenvalue weighted by Gasteiger charge is 2.48. The van der Waals surface area contributed by atoms with Crippen LogP contribution in [0.2, 0.25) is 0 Å². The standard InChI is InChI=1S/C12H21O9P3S/c1-17-3-5-25-4-2-8(13)18-12(11(16)21-24,6-9(14)19-22)7-10(15)20-23/h2-7,22-24H2,1H3. The fourth-order valence-electron chi connectivity index (χ4n) is 1.65. The Morgan fingerprint density at radius 1 is 0.880 bits per heavy atom. The van der Waals surface area contributed by atoms with Crippen molar-refractivity contribution in [1.29, 1.82) is 0 Å². The normalized spacial score (nSPS) is 10.7. The predicted octanol–water partition coefficient (Wildman–Crippen LogP) is 0.818. The van der Waals surface area contributed by atoms with Gasteiger partial charge in [-0.1, -0.05) is 0 Å². The Hall–Kier alpha value is -0.520. The molecule has 0 bridgehead atoms. The van der Waals surface area contributed by atoms with Gasteiger partial charge in [-0.2, -0.15) is 11.8 Å². The largest absolute Gasteiger partial charge is 0.451 e. The van der Waals surface area contributed by atoms with Crippen molar-refractivity contribution < 1.29 is 42.2 Å². The maximum Gasteiger partial charge on any atom is 0.354 e. The summed E-state index contributed by atoms with van der Waals surface area (Å²) in [5.74, 6) is -2.55. The van der Waals surface area contributed by atoms with Crippen LogP contribution in [-0.2, 0) is 42.2 Å². The number of ether oxygens (including phenoxy) is 2. The minimum atomic E-state index is -2.17. The van der Waals surface area contributed by atoms with Crippen LogP contribution in [0, 0.1) is 0 Å². The molecule has 0 saturated heterocycles. The second-order valence-corrected chi connectivity index (χ2v) is 6.49. The molecule has 9 nitrogen and oxygen atoms in total. The highest BCUT2D eigenvalue weighted by atomic mass is 32.2. The van der Waals surface area contributed by atoms with Crippen molar-refractivity contribution in [3.63, 3.8) is 0 Å². The molecule has 0 spiro atoms. The van der Waals surface area contributed by atoms with Gasteiger partial charge in [-0.05, 0) is 0 Å². The lowest BCUT2D eigenvalue weighted by molar-refractivity contribution is -0.182. The zero-order valence-corrected chi connectivity index (χ0v) is 17.8. The maximum atomic E-state index is 12.1. The van der Waals surface area contributed by atoms with Crippen LogP contribution >= 0.6 is 40.2 Å². The van der Waals surface area contributed by atoms with Crippen LogP contribution in [0.4, 0.5) is 0 Å². The van der Waals surface area contributed by atoms with Gasteiger partial charge in [0, 0.05) is 18.6 Å². The number of methoxy groups -OCH3 is 1. The third-order valence-corrected chi connectivity index (χ3v) is 4.48. The molecule has 0 radical (unpaired) electrons. The topological polar surface area (TPSA) is 114 Å². The van der Waals surface area contributed by atoms with E-state index in [0.717, 1.165) is 0 Å². The van der Waals surface area contributed by atoms with Crippen LogP contribution in [0.5, 0.6) is 0 Å². The third kappa shape index (κ3) is 9.66. The first-order chi connectivity index (χ1) is 11.8. The fraction of sp³-hybridized carbons (Fsp3) is 0.667. The number of carbonyl (C=O) groups excluding carboxylic acids is 4. The Balaban J connectivity index is 5.12. The Morgan fingerprint density at radius 3 is 1.88 bits per heavy atom. The lowest BCUT2D eigenvalue weighted by Gasteiger charge is -2.28. The van der Waals surface area contributed by atoms with Gasteiger partial charge in [-0.3, -0.25) is 14.4 Å². The first-order valence-corrected chi connectivity index (χ1v) is 9.41. The van der Waals surface area contributed by atoms with E-state index in [1.807, 2.05) is 0 Å². The summed E-state index contributed by atoms with van der Waals surface area (Å²) in [6.45, 7) is 0.531.